The monoisotopic (exact) mass is 292 g/mol. The normalized spacial score (nSPS) is 11.2. The number of anilines is 1. The summed E-state index contributed by atoms with van der Waals surface area (Å²) >= 11 is 0. The van der Waals surface area contributed by atoms with Gasteiger partial charge in [-0.3, -0.25) is 4.98 Å². The largest absolute Gasteiger partial charge is 0.506 e. The Kier molecular flexibility index (Phi) is 3.70. The maximum absolute atomic E-state index is 9.82. The van der Waals surface area contributed by atoms with Gasteiger partial charge >= 0.3 is 0 Å². The lowest BCUT2D eigenvalue weighted by Gasteiger charge is -2.11. The molecule has 110 valence electrons. The highest BCUT2D eigenvalue weighted by atomic mass is 16.3. The molecule has 0 aliphatic carbocycles. The van der Waals surface area contributed by atoms with Crippen LogP contribution in [-0.4, -0.2) is 24.2 Å². The van der Waals surface area contributed by atoms with Crippen molar-refractivity contribution in [3.05, 3.63) is 54.7 Å². The Morgan fingerprint density at radius 1 is 0.955 bits per heavy atom. The molecule has 0 unspecified atom stereocenters. The minimum absolute atomic E-state index is 0.143. The lowest BCUT2D eigenvalue weighted by molar-refractivity contribution is 0.480. The molecule has 0 aliphatic rings. The van der Waals surface area contributed by atoms with Crippen molar-refractivity contribution in [3.63, 3.8) is 0 Å². The molecule has 0 spiro atoms. The lowest BCUT2D eigenvalue weighted by atomic mass is 10.2. The summed E-state index contributed by atoms with van der Waals surface area (Å²) < 4.78 is 0. The van der Waals surface area contributed by atoms with Crippen LogP contribution in [0.3, 0.4) is 0 Å². The van der Waals surface area contributed by atoms with Gasteiger partial charge in [0.15, 0.2) is 0 Å². The minimum atomic E-state index is 0.143. The lowest BCUT2D eigenvalue weighted by Crippen LogP contribution is -2.07. The van der Waals surface area contributed by atoms with E-state index in [0.717, 1.165) is 16.8 Å². The van der Waals surface area contributed by atoms with E-state index in [0.29, 0.717) is 11.2 Å². The summed E-state index contributed by atoms with van der Waals surface area (Å²) in [5.41, 5.74) is 3.09. The molecular weight excluding hydrogens is 276 g/mol. The van der Waals surface area contributed by atoms with E-state index in [1.807, 2.05) is 55.4 Å². The van der Waals surface area contributed by atoms with Gasteiger partial charge in [0.1, 0.15) is 11.3 Å². The van der Waals surface area contributed by atoms with Crippen molar-refractivity contribution in [1.29, 1.82) is 0 Å². The van der Waals surface area contributed by atoms with Gasteiger partial charge in [-0.25, -0.2) is 0 Å². The fraction of sp³-hybridized carbons (Fsp3) is 0.118. The quantitative estimate of drug-likeness (QED) is 0.727. The molecule has 2 aromatic carbocycles. The molecule has 0 radical (unpaired) electrons. The number of phenols is 1. The average Bonchev–Trinajstić information content (AvgIpc) is 2.55. The van der Waals surface area contributed by atoms with Crippen LogP contribution in [0.2, 0.25) is 0 Å². The van der Waals surface area contributed by atoms with Gasteiger partial charge in [-0.1, -0.05) is 0 Å². The van der Waals surface area contributed by atoms with Gasteiger partial charge in [-0.15, -0.1) is 5.11 Å². The second kappa shape index (κ2) is 5.81. The molecule has 0 bridgehead atoms. The Morgan fingerprint density at radius 2 is 1.73 bits per heavy atom. The van der Waals surface area contributed by atoms with Crippen molar-refractivity contribution < 1.29 is 5.11 Å². The molecule has 1 heterocycles. The van der Waals surface area contributed by atoms with E-state index in [9.17, 15) is 5.11 Å². The first-order valence-electron chi connectivity index (χ1n) is 6.91. The third-order valence-electron chi connectivity index (χ3n) is 3.36. The van der Waals surface area contributed by atoms with Crippen LogP contribution in [0.4, 0.5) is 17.1 Å². The van der Waals surface area contributed by atoms with Crippen LogP contribution < -0.4 is 4.90 Å². The first-order valence-corrected chi connectivity index (χ1v) is 6.91. The maximum Gasteiger partial charge on any atom is 0.141 e. The third-order valence-corrected chi connectivity index (χ3v) is 3.36. The number of aromatic hydroxyl groups is 1. The Bertz CT molecular complexity index is 826. The van der Waals surface area contributed by atoms with Crippen LogP contribution in [0, 0.1) is 0 Å². The molecule has 5 heteroatoms. The molecule has 3 rings (SSSR count). The van der Waals surface area contributed by atoms with Gasteiger partial charge in [0.2, 0.25) is 0 Å². The summed E-state index contributed by atoms with van der Waals surface area (Å²) in [4.78, 5) is 6.20. The van der Waals surface area contributed by atoms with Crippen LogP contribution in [0.1, 0.15) is 0 Å². The van der Waals surface area contributed by atoms with E-state index in [4.69, 9.17) is 0 Å². The van der Waals surface area contributed by atoms with Gasteiger partial charge in [0, 0.05) is 31.4 Å². The molecule has 5 nitrogen and oxygen atoms in total. The van der Waals surface area contributed by atoms with Crippen molar-refractivity contribution in [3.8, 4) is 5.75 Å². The molecule has 3 aromatic rings. The number of hydrogen-bond donors (Lipinski definition) is 1. The van der Waals surface area contributed by atoms with Gasteiger partial charge < -0.3 is 10.0 Å². The van der Waals surface area contributed by atoms with E-state index >= 15 is 0 Å². The van der Waals surface area contributed by atoms with Gasteiger partial charge in [0.25, 0.3) is 0 Å². The zero-order valence-corrected chi connectivity index (χ0v) is 12.4. The molecule has 0 fully saturated rings. The molecule has 0 saturated heterocycles. The fourth-order valence-corrected chi connectivity index (χ4v) is 2.16. The van der Waals surface area contributed by atoms with E-state index in [1.54, 1.807) is 18.3 Å². The second-order valence-electron chi connectivity index (χ2n) is 5.11. The molecule has 1 aromatic heterocycles. The smallest absolute Gasteiger partial charge is 0.141 e. The number of hydrogen-bond acceptors (Lipinski definition) is 5. The SMILES string of the molecule is CN(C)c1ccc(N=Nc2ccc(O)c3ncccc23)cc1. The van der Waals surface area contributed by atoms with Gasteiger partial charge in [-0.05, 0) is 48.5 Å². The van der Waals surface area contributed by atoms with E-state index in [-0.39, 0.29) is 5.75 Å². The summed E-state index contributed by atoms with van der Waals surface area (Å²) in [7, 11) is 3.98. The summed E-state index contributed by atoms with van der Waals surface area (Å²) in [6, 6.07) is 14.8. The van der Waals surface area contributed by atoms with Crippen LogP contribution in [0.15, 0.2) is 65.0 Å². The molecule has 0 saturated carbocycles. The number of aromatic nitrogens is 1. The molecule has 22 heavy (non-hydrogen) atoms. The zero-order chi connectivity index (χ0) is 15.5. The fourth-order valence-electron chi connectivity index (χ4n) is 2.16. The third kappa shape index (κ3) is 2.74. The van der Waals surface area contributed by atoms with Crippen molar-refractivity contribution in [2.75, 3.05) is 19.0 Å². The number of benzene rings is 2. The van der Waals surface area contributed by atoms with E-state index < -0.39 is 0 Å². The van der Waals surface area contributed by atoms with Crippen LogP contribution >= 0.6 is 0 Å². The van der Waals surface area contributed by atoms with Crippen molar-refractivity contribution in [2.45, 2.75) is 0 Å². The highest BCUT2D eigenvalue weighted by molar-refractivity contribution is 5.93. The Labute approximate surface area is 128 Å². The molecule has 0 aliphatic heterocycles. The summed E-state index contributed by atoms with van der Waals surface area (Å²) in [6.07, 6.45) is 1.64. The zero-order valence-electron chi connectivity index (χ0n) is 12.4. The number of phenolic OH excluding ortho intramolecular Hbond substituents is 1. The van der Waals surface area contributed by atoms with Crippen molar-refractivity contribution >= 4 is 28.0 Å². The highest BCUT2D eigenvalue weighted by Crippen LogP contribution is 2.32. The average molecular weight is 292 g/mol. The van der Waals surface area contributed by atoms with Gasteiger partial charge in [0.05, 0.1) is 11.4 Å². The number of nitrogens with zero attached hydrogens (tertiary/aromatic N) is 4. The predicted molar refractivity (Wildman–Crippen MR) is 88.4 cm³/mol. The molecule has 1 N–H and O–H groups in total. The van der Waals surface area contributed by atoms with Gasteiger partial charge in [-0.2, -0.15) is 5.11 Å². The van der Waals surface area contributed by atoms with Crippen LogP contribution in [-0.2, 0) is 0 Å². The Hall–Kier alpha value is -2.95. The number of fused-ring (bicyclic) bond motifs is 1. The summed E-state index contributed by atoms with van der Waals surface area (Å²) in [6.45, 7) is 0. The number of azo groups is 1. The van der Waals surface area contributed by atoms with Crippen LogP contribution in [0.5, 0.6) is 5.75 Å². The molecular formula is C17H16N4O. The Balaban J connectivity index is 1.94. The highest BCUT2D eigenvalue weighted by Gasteiger charge is 2.05. The van der Waals surface area contributed by atoms with E-state index in [1.165, 1.54) is 0 Å². The molecule has 0 amide bonds. The van der Waals surface area contributed by atoms with Crippen molar-refractivity contribution in [1.82, 2.24) is 4.98 Å². The number of rotatable bonds is 3. The maximum atomic E-state index is 9.82. The second-order valence-corrected chi connectivity index (χ2v) is 5.11. The number of pyridine rings is 1. The summed E-state index contributed by atoms with van der Waals surface area (Å²) in [5, 5.41) is 19.1. The topological polar surface area (TPSA) is 61.1 Å². The molecule has 0 atom stereocenters. The standard InChI is InChI=1S/C17H16N4O/c1-21(2)13-7-5-12(6-8-13)19-20-15-9-10-16(22)17-14(15)4-3-11-18-17/h3-11,22H,1-2H3. The van der Waals surface area contributed by atoms with Crippen molar-refractivity contribution in [2.24, 2.45) is 10.2 Å². The first-order chi connectivity index (χ1) is 10.6. The first kappa shape index (κ1) is 14.0. The minimum Gasteiger partial charge on any atom is -0.506 e. The van der Waals surface area contributed by atoms with Crippen LogP contribution in [0.25, 0.3) is 10.9 Å². The predicted octanol–water partition coefficient (Wildman–Crippen LogP) is 4.42. The van der Waals surface area contributed by atoms with E-state index in [2.05, 4.69) is 15.2 Å². The Morgan fingerprint density at radius 3 is 2.45 bits per heavy atom. The summed E-state index contributed by atoms with van der Waals surface area (Å²) in [5.74, 6) is 0.143.